The molecule has 0 aromatic heterocycles. The van der Waals surface area contributed by atoms with Crippen LogP contribution in [0.2, 0.25) is 0 Å². The summed E-state index contributed by atoms with van der Waals surface area (Å²) in [4.78, 5) is 9.80. The van der Waals surface area contributed by atoms with Crippen LogP contribution >= 0.6 is 0 Å². The van der Waals surface area contributed by atoms with E-state index >= 15 is 0 Å². The molecule has 10 aromatic carbocycles. The Kier molecular flexibility index (Phi) is 10.9. The van der Waals surface area contributed by atoms with E-state index in [4.69, 9.17) is 0 Å². The molecule has 0 bridgehead atoms. The second-order valence-corrected chi connectivity index (χ2v) is 19.6. The van der Waals surface area contributed by atoms with E-state index in [1.807, 2.05) is 0 Å². The van der Waals surface area contributed by atoms with Gasteiger partial charge in [0.1, 0.15) is 0 Å². The van der Waals surface area contributed by atoms with Crippen molar-refractivity contribution in [3.05, 3.63) is 258 Å². The molecule has 0 unspecified atom stereocenters. The Bertz CT molecular complexity index is 3480. The summed E-state index contributed by atoms with van der Waals surface area (Å²) in [5, 5.41) is 0. The van der Waals surface area contributed by atoms with Crippen molar-refractivity contribution in [3.63, 3.8) is 0 Å². The summed E-state index contributed by atoms with van der Waals surface area (Å²) in [6.07, 6.45) is 0. The molecular weight excluding hydrogens is 860 g/mol. The molecule has 4 nitrogen and oxygen atoms in total. The Balaban J connectivity index is 1.08. The molecule has 0 amide bonds. The van der Waals surface area contributed by atoms with Gasteiger partial charge in [-0.2, -0.15) is 0 Å². The zero-order valence-electron chi connectivity index (χ0n) is 41.2. The quantitative estimate of drug-likeness (QED) is 0.134. The lowest BCUT2D eigenvalue weighted by atomic mass is 9.33. The smallest absolute Gasteiger partial charge is 0.252 e. The van der Waals surface area contributed by atoms with E-state index in [0.29, 0.717) is 0 Å². The second-order valence-electron chi connectivity index (χ2n) is 19.6. The number of fused-ring (bicyclic) bond motifs is 4. The maximum Gasteiger partial charge on any atom is 0.252 e. The van der Waals surface area contributed by atoms with Crippen molar-refractivity contribution in [1.82, 2.24) is 0 Å². The Hall–Kier alpha value is -8.54. The van der Waals surface area contributed by atoms with Gasteiger partial charge in [-0.3, -0.25) is 0 Å². The Labute approximate surface area is 419 Å². The first-order valence-corrected chi connectivity index (χ1v) is 24.8. The van der Waals surface area contributed by atoms with E-state index in [2.05, 4.69) is 286 Å². The van der Waals surface area contributed by atoms with E-state index in [1.165, 1.54) is 83.6 Å². The van der Waals surface area contributed by atoms with E-state index in [9.17, 15) is 0 Å². The monoisotopic (exact) mass is 914 g/mol. The molecule has 0 fully saturated rings. The van der Waals surface area contributed by atoms with Gasteiger partial charge in [-0.15, -0.1) is 0 Å². The van der Waals surface area contributed by atoms with Gasteiger partial charge in [-0.1, -0.05) is 149 Å². The second kappa shape index (κ2) is 17.8. The minimum absolute atomic E-state index is 0.0504. The molecule has 0 saturated heterocycles. The third-order valence-electron chi connectivity index (χ3n) is 14.4. The highest BCUT2D eigenvalue weighted by molar-refractivity contribution is 7.00. The molecule has 2 aliphatic rings. The van der Waals surface area contributed by atoms with Gasteiger partial charge in [0.25, 0.3) is 6.71 Å². The van der Waals surface area contributed by atoms with E-state index in [1.54, 1.807) is 0 Å². The Morgan fingerprint density at radius 2 is 0.634 bits per heavy atom. The molecule has 0 spiro atoms. The molecule has 0 aliphatic carbocycles. The number of hydrogen-bond donors (Lipinski definition) is 0. The standard InChI is InChI=1S/C66H55BN4/c1-44-12-26-53(27-13-44)68(54-28-14-45(2)15-29-54)57-36-23-50(24-37-57)51-25-39-63-61(41-51)67-60-40-49(6)22-38-62(60)71(58-34-20-48(5)21-35-58)65-43-59(42-64(66(65)67)70(63)52-10-8-7-9-11-52)69(55-30-16-46(3)17-31-55)56-32-18-47(4)19-33-56/h7-43H,1-6H3. The van der Waals surface area contributed by atoms with Gasteiger partial charge in [0.2, 0.25) is 0 Å². The van der Waals surface area contributed by atoms with Gasteiger partial charge in [-0.25, -0.2) is 0 Å². The van der Waals surface area contributed by atoms with Crippen molar-refractivity contribution >= 4 is 91.3 Å². The Morgan fingerprint density at radius 3 is 1.10 bits per heavy atom. The maximum atomic E-state index is 2.51. The summed E-state index contributed by atoms with van der Waals surface area (Å²) in [6, 6.07) is 83.7. The van der Waals surface area contributed by atoms with Crippen LogP contribution < -0.4 is 36.0 Å². The van der Waals surface area contributed by atoms with E-state index in [-0.39, 0.29) is 6.71 Å². The highest BCUT2D eigenvalue weighted by Crippen LogP contribution is 2.48. The van der Waals surface area contributed by atoms with Crippen molar-refractivity contribution in [1.29, 1.82) is 0 Å². The van der Waals surface area contributed by atoms with Gasteiger partial charge in [0.05, 0.1) is 5.69 Å². The van der Waals surface area contributed by atoms with Gasteiger partial charge in [0, 0.05) is 62.6 Å². The third kappa shape index (κ3) is 7.94. The largest absolute Gasteiger partial charge is 0.311 e. The predicted molar refractivity (Wildman–Crippen MR) is 304 cm³/mol. The van der Waals surface area contributed by atoms with E-state index < -0.39 is 0 Å². The minimum Gasteiger partial charge on any atom is -0.311 e. The molecule has 0 atom stereocenters. The first-order valence-electron chi connectivity index (χ1n) is 24.8. The molecule has 2 aliphatic heterocycles. The summed E-state index contributed by atoms with van der Waals surface area (Å²) in [7, 11) is 0. The van der Waals surface area contributed by atoms with Gasteiger partial charge >= 0.3 is 0 Å². The lowest BCUT2D eigenvalue weighted by Gasteiger charge is -2.45. The van der Waals surface area contributed by atoms with Crippen LogP contribution in [-0.2, 0) is 0 Å². The number of para-hydroxylation sites is 1. The number of nitrogens with zero attached hydrogens (tertiary/aromatic N) is 4. The third-order valence-corrected chi connectivity index (χ3v) is 14.4. The lowest BCUT2D eigenvalue weighted by Crippen LogP contribution is -2.61. The van der Waals surface area contributed by atoms with Crippen LogP contribution in [0.1, 0.15) is 33.4 Å². The van der Waals surface area contributed by atoms with Crippen molar-refractivity contribution in [2.24, 2.45) is 0 Å². The van der Waals surface area contributed by atoms with Crippen molar-refractivity contribution in [3.8, 4) is 11.1 Å². The average Bonchev–Trinajstić information content (AvgIpc) is 3.39. The maximum absolute atomic E-state index is 2.51. The van der Waals surface area contributed by atoms with Gasteiger partial charge in [-0.05, 0) is 178 Å². The number of hydrogen-bond acceptors (Lipinski definition) is 4. The first kappa shape index (κ1) is 43.7. The topological polar surface area (TPSA) is 13.0 Å². The first-order chi connectivity index (χ1) is 34.6. The number of anilines is 12. The molecule has 342 valence electrons. The zero-order valence-corrected chi connectivity index (χ0v) is 41.2. The molecule has 5 heteroatoms. The molecule has 0 saturated carbocycles. The molecule has 71 heavy (non-hydrogen) atoms. The summed E-state index contributed by atoms with van der Waals surface area (Å²) in [6.45, 7) is 12.9. The molecule has 0 N–H and O–H groups in total. The summed E-state index contributed by atoms with van der Waals surface area (Å²) < 4.78 is 0. The van der Waals surface area contributed by atoms with Crippen molar-refractivity contribution in [2.45, 2.75) is 41.5 Å². The number of benzene rings is 10. The van der Waals surface area contributed by atoms with Crippen LogP contribution in [0.5, 0.6) is 0 Å². The zero-order chi connectivity index (χ0) is 48.3. The number of rotatable bonds is 9. The van der Waals surface area contributed by atoms with Crippen molar-refractivity contribution in [2.75, 3.05) is 19.6 Å². The van der Waals surface area contributed by atoms with Crippen LogP contribution in [0.15, 0.2) is 224 Å². The fourth-order valence-electron chi connectivity index (χ4n) is 10.7. The fourth-order valence-corrected chi connectivity index (χ4v) is 10.7. The van der Waals surface area contributed by atoms with Crippen molar-refractivity contribution < 1.29 is 0 Å². The molecule has 10 aromatic rings. The highest BCUT2D eigenvalue weighted by atomic mass is 15.2. The molecule has 12 rings (SSSR count). The summed E-state index contributed by atoms with van der Waals surface area (Å²) in [5.41, 5.74) is 27.3. The average molecular weight is 915 g/mol. The summed E-state index contributed by atoms with van der Waals surface area (Å²) in [5.74, 6) is 0. The molecular formula is C66H55BN4. The SMILES string of the molecule is Cc1ccc(N(c2ccc(C)cc2)c2ccc(-c3ccc4c(c3)B3c5cc(C)ccc5N(c5ccc(C)cc5)c5cc(N(c6ccc(C)cc6)c6ccc(C)cc6)cc(c53)N4c3ccccc3)cc2)cc1. The van der Waals surface area contributed by atoms with Crippen LogP contribution in [0, 0.1) is 41.5 Å². The van der Waals surface area contributed by atoms with Crippen LogP contribution in [0.3, 0.4) is 0 Å². The van der Waals surface area contributed by atoms with Crippen LogP contribution in [-0.4, -0.2) is 6.71 Å². The summed E-state index contributed by atoms with van der Waals surface area (Å²) >= 11 is 0. The molecule has 2 heterocycles. The fraction of sp³-hybridized carbons (Fsp3) is 0.0909. The molecule has 0 radical (unpaired) electrons. The lowest BCUT2D eigenvalue weighted by molar-refractivity contribution is 1.22. The van der Waals surface area contributed by atoms with Gasteiger partial charge in [0.15, 0.2) is 0 Å². The predicted octanol–water partition coefficient (Wildman–Crippen LogP) is 16.2. The minimum atomic E-state index is -0.0504. The normalized spacial score (nSPS) is 12.3. The van der Waals surface area contributed by atoms with Gasteiger partial charge < -0.3 is 19.6 Å². The number of aryl methyl sites for hydroxylation is 6. The highest BCUT2D eigenvalue weighted by Gasteiger charge is 2.44. The van der Waals surface area contributed by atoms with E-state index in [0.717, 1.165) is 45.5 Å². The Morgan fingerprint density at radius 1 is 0.282 bits per heavy atom. The van der Waals surface area contributed by atoms with Crippen LogP contribution in [0.25, 0.3) is 11.1 Å². The van der Waals surface area contributed by atoms with Crippen LogP contribution in [0.4, 0.5) is 68.2 Å².